The molecular formula is C24H18N6O4. The van der Waals surface area contributed by atoms with Crippen LogP contribution >= 0.6 is 0 Å². The summed E-state index contributed by atoms with van der Waals surface area (Å²) < 4.78 is 1.93. The van der Waals surface area contributed by atoms with Crippen molar-refractivity contribution in [1.29, 1.82) is 0 Å². The van der Waals surface area contributed by atoms with Crippen LogP contribution in [0, 0.1) is 13.8 Å². The number of amides is 2. The first-order valence-electron chi connectivity index (χ1n) is 10.3. The number of carbonyl (C=O) groups excluding carboxylic acids is 2. The van der Waals surface area contributed by atoms with Gasteiger partial charge in [0.1, 0.15) is 23.7 Å². The number of nitrogens with one attached hydrogen (secondary N) is 2. The molecule has 0 atom stereocenters. The molecule has 168 valence electrons. The largest absolute Gasteiger partial charge is 0.321 e. The number of hydrogen-bond donors (Lipinski definition) is 2. The van der Waals surface area contributed by atoms with Crippen molar-refractivity contribution >= 4 is 34.2 Å². The fraction of sp³-hybridized carbons (Fsp3) is 0.0833. The molecule has 0 aliphatic rings. The van der Waals surface area contributed by atoms with Gasteiger partial charge in [-0.25, -0.2) is 9.97 Å². The molecule has 5 rings (SSSR count). The Hall–Kier alpha value is -4.86. The Morgan fingerprint density at radius 2 is 1.12 bits per heavy atom. The highest BCUT2D eigenvalue weighted by molar-refractivity contribution is 6.09. The van der Waals surface area contributed by atoms with Gasteiger partial charge in [0, 0.05) is 11.4 Å². The van der Waals surface area contributed by atoms with Crippen LogP contribution in [0.25, 0.3) is 11.0 Å². The number of aromatic nitrogens is 4. The van der Waals surface area contributed by atoms with Gasteiger partial charge in [0.2, 0.25) is 0 Å². The molecule has 0 aliphatic carbocycles. The minimum atomic E-state index is -0.691. The van der Waals surface area contributed by atoms with E-state index in [2.05, 4.69) is 20.6 Å². The van der Waals surface area contributed by atoms with E-state index in [9.17, 15) is 19.2 Å². The fourth-order valence-electron chi connectivity index (χ4n) is 3.80. The maximum atomic E-state index is 13.2. The molecule has 34 heavy (non-hydrogen) atoms. The van der Waals surface area contributed by atoms with Crippen molar-refractivity contribution in [2.45, 2.75) is 13.8 Å². The minimum absolute atomic E-state index is 0.203. The summed E-state index contributed by atoms with van der Waals surface area (Å²) in [6, 6.07) is 14.3. The molecule has 0 saturated heterocycles. The molecule has 0 aliphatic heterocycles. The lowest BCUT2D eigenvalue weighted by Gasteiger charge is -2.05. The third kappa shape index (κ3) is 3.47. The smallest absolute Gasteiger partial charge is 0.283 e. The van der Waals surface area contributed by atoms with Gasteiger partial charge < -0.3 is 10.6 Å². The molecule has 0 bridgehead atoms. The average Bonchev–Trinajstić information content (AvgIpc) is 3.43. The van der Waals surface area contributed by atoms with Crippen LogP contribution in [0.15, 0.2) is 70.8 Å². The van der Waals surface area contributed by atoms with Crippen LogP contribution in [0.4, 0.5) is 11.4 Å². The van der Waals surface area contributed by atoms with E-state index >= 15 is 0 Å². The summed E-state index contributed by atoms with van der Waals surface area (Å²) in [5.41, 5.74) is 0.740. The molecule has 0 radical (unpaired) electrons. The normalized spacial score (nSPS) is 11.1. The molecular weight excluding hydrogens is 436 g/mol. The van der Waals surface area contributed by atoms with E-state index in [-0.39, 0.29) is 22.4 Å². The number of imidazole rings is 2. The van der Waals surface area contributed by atoms with E-state index in [1.165, 1.54) is 0 Å². The lowest BCUT2D eigenvalue weighted by Crippen LogP contribution is -2.28. The van der Waals surface area contributed by atoms with Crippen LogP contribution in [0.1, 0.15) is 32.1 Å². The highest BCUT2D eigenvalue weighted by Crippen LogP contribution is 2.15. The molecule has 2 amide bonds. The van der Waals surface area contributed by atoms with Crippen LogP contribution in [-0.2, 0) is 0 Å². The number of carbonyl (C=O) groups is 2. The molecule has 5 aromatic rings. The van der Waals surface area contributed by atoms with Gasteiger partial charge in [0.25, 0.3) is 22.9 Å². The maximum Gasteiger partial charge on any atom is 0.283 e. The van der Waals surface area contributed by atoms with E-state index in [0.717, 1.165) is 32.6 Å². The Balaban J connectivity index is 1.57. The first-order valence-corrected chi connectivity index (χ1v) is 10.3. The summed E-state index contributed by atoms with van der Waals surface area (Å²) in [4.78, 5) is 60.0. The molecule has 10 heteroatoms. The van der Waals surface area contributed by atoms with Crippen molar-refractivity contribution < 1.29 is 9.59 Å². The topological polar surface area (TPSA) is 127 Å². The van der Waals surface area contributed by atoms with Gasteiger partial charge >= 0.3 is 0 Å². The van der Waals surface area contributed by atoms with Gasteiger partial charge in [0.15, 0.2) is 11.4 Å². The molecule has 2 aromatic carbocycles. The summed E-state index contributed by atoms with van der Waals surface area (Å²) in [6.45, 7) is 3.76. The van der Waals surface area contributed by atoms with Gasteiger partial charge in [0.05, 0.1) is 0 Å². The monoisotopic (exact) mass is 454 g/mol. The molecule has 3 heterocycles. The number of fused-ring (bicyclic) bond motifs is 2. The number of aryl methyl sites for hydroxylation is 2. The first-order chi connectivity index (χ1) is 16.3. The lowest BCUT2D eigenvalue weighted by atomic mass is 10.2. The minimum Gasteiger partial charge on any atom is -0.321 e. The number of hydrogen-bond acceptors (Lipinski definition) is 6. The number of anilines is 2. The number of nitrogens with zero attached hydrogens (tertiary/aromatic N) is 4. The van der Waals surface area contributed by atoms with Crippen LogP contribution in [0.3, 0.4) is 0 Å². The van der Waals surface area contributed by atoms with Gasteiger partial charge in [-0.1, -0.05) is 24.3 Å². The highest BCUT2D eigenvalue weighted by atomic mass is 16.2. The Morgan fingerprint density at radius 1 is 0.706 bits per heavy atom. The second kappa shape index (κ2) is 7.93. The summed E-state index contributed by atoms with van der Waals surface area (Å²) in [7, 11) is 0. The number of benzene rings is 2. The molecule has 0 unspecified atom stereocenters. The summed E-state index contributed by atoms with van der Waals surface area (Å²) >= 11 is 0. The second-order valence-electron chi connectivity index (χ2n) is 7.88. The zero-order chi connectivity index (χ0) is 24.0. The van der Waals surface area contributed by atoms with Crippen molar-refractivity contribution in [2.24, 2.45) is 0 Å². The van der Waals surface area contributed by atoms with E-state index in [0.29, 0.717) is 11.4 Å². The first kappa shape index (κ1) is 21.0. The zero-order valence-corrected chi connectivity index (χ0v) is 18.2. The van der Waals surface area contributed by atoms with Crippen LogP contribution in [0.2, 0.25) is 0 Å². The fourth-order valence-corrected chi connectivity index (χ4v) is 3.80. The maximum absolute atomic E-state index is 13.2. The summed E-state index contributed by atoms with van der Waals surface area (Å²) in [5.74, 6) is -1.28. The third-order valence-corrected chi connectivity index (χ3v) is 5.36. The van der Waals surface area contributed by atoms with Crippen molar-refractivity contribution in [2.75, 3.05) is 10.6 Å². The van der Waals surface area contributed by atoms with E-state index in [1.54, 1.807) is 36.4 Å². The summed E-state index contributed by atoms with van der Waals surface area (Å²) in [5, 5.41) is 5.37. The van der Waals surface area contributed by atoms with Crippen molar-refractivity contribution in [3.8, 4) is 0 Å². The Labute approximate surface area is 191 Å². The van der Waals surface area contributed by atoms with E-state index < -0.39 is 22.9 Å². The quantitative estimate of drug-likeness (QED) is 0.429. The Bertz CT molecular complexity index is 1590. The van der Waals surface area contributed by atoms with Crippen molar-refractivity contribution in [3.05, 3.63) is 104 Å². The zero-order valence-electron chi connectivity index (χ0n) is 18.2. The van der Waals surface area contributed by atoms with Crippen molar-refractivity contribution in [1.82, 2.24) is 18.8 Å². The molecule has 2 N–H and O–H groups in total. The van der Waals surface area contributed by atoms with Crippen LogP contribution in [0.5, 0.6) is 0 Å². The predicted octanol–water partition coefficient (Wildman–Crippen LogP) is 2.26. The number of rotatable bonds is 4. The SMILES string of the molecule is Cc1cccc(NC(=O)c2ncn3c(=O)c4c(C(=O)Nc5cccc(C)c5)ncn4c(=O)c23)c1. The summed E-state index contributed by atoms with van der Waals surface area (Å²) in [6.07, 6.45) is 2.19. The standard InChI is InChI=1S/C24H18N6O4/c1-13-5-3-7-15(9-13)27-21(31)17-19-23(33)30-12-26-18(20(30)24(34)29(19)11-25-17)22(32)28-16-8-4-6-14(2)10-16/h3-12H,1-2H3,(H,27,31)(H,28,32). The molecule has 0 fully saturated rings. The van der Waals surface area contributed by atoms with Gasteiger partial charge in [-0.2, -0.15) is 0 Å². The predicted molar refractivity (Wildman–Crippen MR) is 126 cm³/mol. The third-order valence-electron chi connectivity index (χ3n) is 5.36. The highest BCUT2D eigenvalue weighted by Gasteiger charge is 2.25. The lowest BCUT2D eigenvalue weighted by molar-refractivity contribution is 0.101. The molecule has 0 saturated carbocycles. The van der Waals surface area contributed by atoms with Crippen LogP contribution in [-0.4, -0.2) is 30.6 Å². The molecule has 3 aromatic heterocycles. The van der Waals surface area contributed by atoms with Gasteiger partial charge in [-0.3, -0.25) is 28.0 Å². The Morgan fingerprint density at radius 3 is 1.50 bits per heavy atom. The van der Waals surface area contributed by atoms with Crippen LogP contribution < -0.4 is 21.8 Å². The molecule has 0 spiro atoms. The molecule has 10 nitrogen and oxygen atoms in total. The van der Waals surface area contributed by atoms with Gasteiger partial charge in [-0.05, 0) is 49.2 Å². The second-order valence-corrected chi connectivity index (χ2v) is 7.88. The average molecular weight is 454 g/mol. The Kier molecular flexibility index (Phi) is 4.90. The van der Waals surface area contributed by atoms with E-state index in [1.807, 2.05) is 26.0 Å². The van der Waals surface area contributed by atoms with E-state index in [4.69, 9.17) is 0 Å². The van der Waals surface area contributed by atoms with Crippen molar-refractivity contribution in [3.63, 3.8) is 0 Å². The van der Waals surface area contributed by atoms with Gasteiger partial charge in [-0.15, -0.1) is 0 Å².